The lowest BCUT2D eigenvalue weighted by Gasteiger charge is -2.06. The molecule has 0 radical (unpaired) electrons. The molecule has 0 aliphatic heterocycles. The molecule has 4 aromatic rings. The van der Waals surface area contributed by atoms with E-state index >= 15 is 0 Å². The molecular formula is C19H14IN5OS. The first-order valence-electron chi connectivity index (χ1n) is 8.13. The standard InChI is InChI=1S/C19H14IN5OS/c20-13-6-8-14(9-7-13)24-17(26)11-27-19-16-10-23-25(18(16)21-12-22-19)15-4-2-1-3-5-15/h1-10,12H,11H2,(H,24,26). The van der Waals surface area contributed by atoms with Crippen LogP contribution in [-0.2, 0) is 4.79 Å². The maximum absolute atomic E-state index is 12.2. The van der Waals surface area contributed by atoms with E-state index in [1.807, 2.05) is 54.6 Å². The van der Waals surface area contributed by atoms with E-state index in [0.29, 0.717) is 0 Å². The molecule has 0 saturated heterocycles. The topological polar surface area (TPSA) is 72.7 Å². The van der Waals surface area contributed by atoms with Gasteiger partial charge in [-0.15, -0.1) is 0 Å². The van der Waals surface area contributed by atoms with Gasteiger partial charge < -0.3 is 5.32 Å². The molecule has 1 N–H and O–H groups in total. The van der Waals surface area contributed by atoms with Crippen molar-refractivity contribution in [3.63, 3.8) is 0 Å². The van der Waals surface area contributed by atoms with Crippen LogP contribution in [-0.4, -0.2) is 31.4 Å². The molecule has 2 aromatic carbocycles. The Hall–Kier alpha value is -2.46. The predicted octanol–water partition coefficient (Wildman–Crippen LogP) is 4.15. The zero-order valence-corrected chi connectivity index (χ0v) is 17.0. The highest BCUT2D eigenvalue weighted by Gasteiger charge is 2.13. The highest BCUT2D eigenvalue weighted by Crippen LogP contribution is 2.26. The third-order valence-electron chi connectivity index (χ3n) is 3.80. The molecule has 0 aliphatic carbocycles. The Morgan fingerprint density at radius 3 is 2.63 bits per heavy atom. The lowest BCUT2D eigenvalue weighted by Crippen LogP contribution is -2.14. The summed E-state index contributed by atoms with van der Waals surface area (Å²) in [5.41, 5.74) is 2.43. The van der Waals surface area contributed by atoms with Crippen LogP contribution in [0.4, 0.5) is 5.69 Å². The van der Waals surface area contributed by atoms with Crippen molar-refractivity contribution in [2.75, 3.05) is 11.1 Å². The SMILES string of the molecule is O=C(CSc1ncnc2c1cnn2-c1ccccc1)Nc1ccc(I)cc1. The molecule has 0 atom stereocenters. The van der Waals surface area contributed by atoms with Crippen molar-refractivity contribution in [1.29, 1.82) is 0 Å². The van der Waals surface area contributed by atoms with Gasteiger partial charge in [-0.3, -0.25) is 4.79 Å². The summed E-state index contributed by atoms with van der Waals surface area (Å²) >= 11 is 3.60. The van der Waals surface area contributed by atoms with E-state index in [1.165, 1.54) is 18.1 Å². The highest BCUT2D eigenvalue weighted by molar-refractivity contribution is 14.1. The van der Waals surface area contributed by atoms with E-state index in [4.69, 9.17) is 0 Å². The van der Waals surface area contributed by atoms with E-state index in [9.17, 15) is 4.79 Å². The lowest BCUT2D eigenvalue weighted by molar-refractivity contribution is -0.113. The number of hydrogen-bond donors (Lipinski definition) is 1. The summed E-state index contributed by atoms with van der Waals surface area (Å²) in [6.45, 7) is 0. The summed E-state index contributed by atoms with van der Waals surface area (Å²) in [6, 6.07) is 17.5. The second kappa shape index (κ2) is 8.05. The van der Waals surface area contributed by atoms with Crippen molar-refractivity contribution in [2.45, 2.75) is 5.03 Å². The van der Waals surface area contributed by atoms with Gasteiger partial charge in [0.1, 0.15) is 11.4 Å². The number of anilines is 1. The van der Waals surface area contributed by atoms with Gasteiger partial charge in [-0.05, 0) is 59.0 Å². The first-order chi connectivity index (χ1) is 13.2. The minimum absolute atomic E-state index is 0.0802. The summed E-state index contributed by atoms with van der Waals surface area (Å²) in [5.74, 6) is 0.178. The van der Waals surface area contributed by atoms with Gasteiger partial charge >= 0.3 is 0 Å². The molecule has 0 fully saturated rings. The number of nitrogens with zero attached hydrogens (tertiary/aromatic N) is 4. The summed E-state index contributed by atoms with van der Waals surface area (Å²) in [6.07, 6.45) is 3.24. The fourth-order valence-electron chi connectivity index (χ4n) is 2.56. The molecule has 0 saturated carbocycles. The highest BCUT2D eigenvalue weighted by atomic mass is 127. The van der Waals surface area contributed by atoms with E-state index in [1.54, 1.807) is 10.9 Å². The molecule has 4 rings (SSSR count). The molecular weight excluding hydrogens is 473 g/mol. The first-order valence-corrected chi connectivity index (χ1v) is 10.2. The summed E-state index contributed by atoms with van der Waals surface area (Å²) in [5, 5.41) is 8.88. The Labute approximate surface area is 173 Å². The summed E-state index contributed by atoms with van der Waals surface area (Å²) < 4.78 is 2.89. The zero-order valence-electron chi connectivity index (χ0n) is 14.0. The van der Waals surface area contributed by atoms with Gasteiger partial charge in [0.15, 0.2) is 5.65 Å². The van der Waals surface area contributed by atoms with Crippen molar-refractivity contribution in [3.8, 4) is 5.69 Å². The smallest absolute Gasteiger partial charge is 0.234 e. The van der Waals surface area contributed by atoms with Gasteiger partial charge in [-0.25, -0.2) is 14.6 Å². The number of halogens is 1. The van der Waals surface area contributed by atoms with E-state index < -0.39 is 0 Å². The van der Waals surface area contributed by atoms with E-state index in [2.05, 4.69) is 43.0 Å². The third kappa shape index (κ3) is 4.11. The Balaban J connectivity index is 1.50. The molecule has 2 aromatic heterocycles. The molecule has 0 aliphatic rings. The number of rotatable bonds is 5. The van der Waals surface area contributed by atoms with E-state index in [-0.39, 0.29) is 11.7 Å². The van der Waals surface area contributed by atoms with E-state index in [0.717, 1.165) is 31.0 Å². The summed E-state index contributed by atoms with van der Waals surface area (Å²) in [7, 11) is 0. The van der Waals surface area contributed by atoms with Crippen LogP contribution in [0.25, 0.3) is 16.7 Å². The monoisotopic (exact) mass is 487 g/mol. The summed E-state index contributed by atoms with van der Waals surface area (Å²) in [4.78, 5) is 20.9. The Morgan fingerprint density at radius 2 is 1.85 bits per heavy atom. The molecule has 0 bridgehead atoms. The number of thioether (sulfide) groups is 1. The molecule has 0 spiro atoms. The number of para-hydroxylation sites is 1. The average molecular weight is 487 g/mol. The van der Waals surface area contributed by atoms with Crippen LogP contribution >= 0.6 is 34.4 Å². The Morgan fingerprint density at radius 1 is 1.07 bits per heavy atom. The fourth-order valence-corrected chi connectivity index (χ4v) is 3.68. The molecule has 6 nitrogen and oxygen atoms in total. The van der Waals surface area contributed by atoms with Crippen LogP contribution in [0.15, 0.2) is 72.1 Å². The third-order valence-corrected chi connectivity index (χ3v) is 5.52. The largest absolute Gasteiger partial charge is 0.325 e. The van der Waals surface area contributed by atoms with Crippen LogP contribution in [0.2, 0.25) is 0 Å². The second-order valence-corrected chi connectivity index (χ2v) is 7.86. The van der Waals surface area contributed by atoms with Crippen LogP contribution in [0.3, 0.4) is 0 Å². The van der Waals surface area contributed by atoms with Gasteiger partial charge in [0.25, 0.3) is 0 Å². The van der Waals surface area contributed by atoms with Gasteiger partial charge in [0.2, 0.25) is 5.91 Å². The molecule has 134 valence electrons. The van der Waals surface area contributed by atoms with Crippen molar-refractivity contribution < 1.29 is 4.79 Å². The number of benzene rings is 2. The maximum atomic E-state index is 12.2. The number of hydrogen-bond acceptors (Lipinski definition) is 5. The molecule has 8 heteroatoms. The first kappa shape index (κ1) is 17.9. The number of carbonyl (C=O) groups excluding carboxylic acids is 1. The molecule has 0 unspecified atom stereocenters. The van der Waals surface area contributed by atoms with Crippen LogP contribution in [0.1, 0.15) is 0 Å². The van der Waals surface area contributed by atoms with Crippen LogP contribution in [0.5, 0.6) is 0 Å². The minimum atomic E-state index is -0.0802. The Kier molecular flexibility index (Phi) is 5.35. The predicted molar refractivity (Wildman–Crippen MR) is 115 cm³/mol. The van der Waals surface area contributed by atoms with Gasteiger partial charge in [0, 0.05) is 9.26 Å². The van der Waals surface area contributed by atoms with Crippen molar-refractivity contribution >= 4 is 57.0 Å². The molecule has 2 heterocycles. The van der Waals surface area contributed by atoms with Crippen molar-refractivity contribution in [1.82, 2.24) is 19.7 Å². The second-order valence-electron chi connectivity index (χ2n) is 5.65. The van der Waals surface area contributed by atoms with Gasteiger partial charge in [-0.1, -0.05) is 30.0 Å². The zero-order chi connectivity index (χ0) is 18.6. The number of fused-ring (bicyclic) bond motifs is 1. The lowest BCUT2D eigenvalue weighted by atomic mass is 10.3. The molecule has 27 heavy (non-hydrogen) atoms. The molecule has 1 amide bonds. The number of amides is 1. The van der Waals surface area contributed by atoms with Crippen LogP contribution < -0.4 is 5.32 Å². The fraction of sp³-hybridized carbons (Fsp3) is 0.0526. The normalized spacial score (nSPS) is 10.9. The maximum Gasteiger partial charge on any atom is 0.234 e. The number of aromatic nitrogens is 4. The van der Waals surface area contributed by atoms with Gasteiger partial charge in [0.05, 0.1) is 23.0 Å². The Bertz CT molecular complexity index is 1080. The number of nitrogens with one attached hydrogen (secondary N) is 1. The quantitative estimate of drug-likeness (QED) is 0.260. The minimum Gasteiger partial charge on any atom is -0.325 e. The average Bonchev–Trinajstić information content (AvgIpc) is 3.13. The van der Waals surface area contributed by atoms with Crippen molar-refractivity contribution in [3.05, 3.63) is 70.7 Å². The van der Waals surface area contributed by atoms with Gasteiger partial charge in [-0.2, -0.15) is 5.10 Å². The van der Waals surface area contributed by atoms with Crippen LogP contribution in [0, 0.1) is 3.57 Å². The van der Waals surface area contributed by atoms with Crippen molar-refractivity contribution in [2.24, 2.45) is 0 Å². The number of carbonyl (C=O) groups is 1.